The highest BCUT2D eigenvalue weighted by atomic mass is 32.2. The minimum Gasteiger partial charge on any atom is -0.497 e. The number of carboxylic acid groups (broad SMARTS) is 1. The third kappa shape index (κ3) is 5.00. The summed E-state index contributed by atoms with van der Waals surface area (Å²) in [6, 6.07) is 16.5. The molecule has 0 aliphatic heterocycles. The first kappa shape index (κ1) is 21.4. The van der Waals surface area contributed by atoms with E-state index < -0.39 is 16.2 Å². The van der Waals surface area contributed by atoms with Crippen LogP contribution in [-0.2, 0) is 21.4 Å². The van der Waals surface area contributed by atoms with Gasteiger partial charge in [0.15, 0.2) is 0 Å². The van der Waals surface area contributed by atoms with Crippen molar-refractivity contribution in [1.82, 2.24) is 4.57 Å². The molecule has 3 aromatic rings. The van der Waals surface area contributed by atoms with Crippen LogP contribution in [0.3, 0.4) is 0 Å². The number of nitrogens with zero attached hydrogens (tertiary/aromatic N) is 1. The summed E-state index contributed by atoms with van der Waals surface area (Å²) >= 11 is 0. The van der Waals surface area contributed by atoms with E-state index in [1.807, 2.05) is 47.9 Å². The van der Waals surface area contributed by atoms with Gasteiger partial charge in [-0.25, -0.2) is 5.14 Å². The number of hydrogen-bond donors (Lipinski definition) is 3. The van der Waals surface area contributed by atoms with Gasteiger partial charge in [0.1, 0.15) is 5.75 Å². The first-order valence-electron chi connectivity index (χ1n) is 9.16. The molecular formula is C21H23N3O5S. The summed E-state index contributed by atoms with van der Waals surface area (Å²) in [6.45, 7) is 1.85. The third-order valence-electron chi connectivity index (χ3n) is 4.64. The monoisotopic (exact) mass is 429 g/mol. The van der Waals surface area contributed by atoms with Gasteiger partial charge in [-0.2, -0.15) is 8.42 Å². The Kier molecular flexibility index (Phi) is 6.14. The molecular weight excluding hydrogens is 406 g/mol. The van der Waals surface area contributed by atoms with Crippen molar-refractivity contribution in [2.24, 2.45) is 5.14 Å². The molecule has 1 heterocycles. The molecule has 0 aliphatic rings. The number of benzene rings is 2. The smallest absolute Gasteiger partial charge is 0.303 e. The van der Waals surface area contributed by atoms with E-state index in [9.17, 15) is 13.2 Å². The lowest BCUT2D eigenvalue weighted by Gasteiger charge is -2.17. The highest BCUT2D eigenvalue weighted by molar-refractivity contribution is 7.90. The molecule has 30 heavy (non-hydrogen) atoms. The van der Waals surface area contributed by atoms with Crippen molar-refractivity contribution >= 4 is 21.9 Å². The summed E-state index contributed by atoms with van der Waals surface area (Å²) < 4.78 is 32.1. The molecule has 0 spiro atoms. The van der Waals surface area contributed by atoms with Gasteiger partial charge in [-0.15, -0.1) is 0 Å². The maximum Gasteiger partial charge on any atom is 0.303 e. The average molecular weight is 429 g/mol. The second kappa shape index (κ2) is 8.60. The quantitative estimate of drug-likeness (QED) is 0.508. The van der Waals surface area contributed by atoms with Crippen molar-refractivity contribution in [1.29, 1.82) is 0 Å². The number of carbonyl (C=O) groups is 1. The summed E-state index contributed by atoms with van der Waals surface area (Å²) in [5.74, 6) is -0.143. The Balaban J connectivity index is 2.10. The number of aromatic nitrogens is 1. The Hall–Kier alpha value is -3.30. The van der Waals surface area contributed by atoms with Crippen LogP contribution in [0.15, 0.2) is 54.6 Å². The highest BCUT2D eigenvalue weighted by Crippen LogP contribution is 2.31. The second-order valence-corrected chi connectivity index (χ2v) is 8.11. The van der Waals surface area contributed by atoms with Gasteiger partial charge in [-0.3, -0.25) is 9.52 Å². The van der Waals surface area contributed by atoms with Crippen LogP contribution in [0.4, 0.5) is 5.69 Å². The summed E-state index contributed by atoms with van der Waals surface area (Å²) in [7, 11) is -2.28. The number of rotatable bonds is 8. The first-order valence-corrected chi connectivity index (χ1v) is 10.7. The Morgan fingerprint density at radius 1 is 1.13 bits per heavy atom. The van der Waals surface area contributed by atoms with E-state index in [1.165, 1.54) is 0 Å². The fourth-order valence-corrected chi connectivity index (χ4v) is 3.77. The number of anilines is 1. The minimum absolute atomic E-state index is 0.00380. The number of carboxylic acids is 1. The average Bonchev–Trinajstić information content (AvgIpc) is 3.09. The normalized spacial score (nSPS) is 11.3. The second-order valence-electron chi connectivity index (χ2n) is 6.82. The molecule has 0 amide bonds. The maximum absolute atomic E-state index is 11.3. The van der Waals surface area contributed by atoms with E-state index in [1.54, 1.807) is 25.3 Å². The summed E-state index contributed by atoms with van der Waals surface area (Å²) in [6.07, 6.45) is 0.346. The Labute approximate surface area is 175 Å². The maximum atomic E-state index is 11.3. The largest absolute Gasteiger partial charge is 0.497 e. The number of nitrogens with one attached hydrogen (secondary N) is 1. The number of ether oxygens (including phenoxy) is 1. The fourth-order valence-electron chi connectivity index (χ4n) is 3.31. The Morgan fingerprint density at radius 3 is 2.40 bits per heavy atom. The van der Waals surface area contributed by atoms with Gasteiger partial charge in [0.25, 0.3) is 10.2 Å². The fraction of sp³-hybridized carbons (Fsp3) is 0.190. The lowest BCUT2D eigenvalue weighted by Crippen LogP contribution is -2.21. The standard InChI is InChI=1S/C21H23N3O5S/c1-14-13-16(23-30(22,27)28)5-10-19(14)24-17(7-12-21(25)26)6-11-20(24)15-3-8-18(29-2)9-4-15/h3-6,8-11,13,23H,7,12H2,1-2H3,(H,25,26)(H2,22,27,28). The molecule has 0 bridgehead atoms. The van der Waals surface area contributed by atoms with Crippen molar-refractivity contribution in [2.45, 2.75) is 19.8 Å². The van der Waals surface area contributed by atoms with E-state index in [0.29, 0.717) is 12.1 Å². The van der Waals surface area contributed by atoms with Crippen molar-refractivity contribution < 1.29 is 23.1 Å². The Morgan fingerprint density at radius 2 is 1.83 bits per heavy atom. The van der Waals surface area contributed by atoms with E-state index in [-0.39, 0.29) is 6.42 Å². The van der Waals surface area contributed by atoms with E-state index >= 15 is 0 Å². The lowest BCUT2D eigenvalue weighted by atomic mass is 10.1. The van der Waals surface area contributed by atoms with Crippen LogP contribution < -0.4 is 14.6 Å². The van der Waals surface area contributed by atoms with Crippen LogP contribution in [0.1, 0.15) is 17.7 Å². The predicted octanol–water partition coefficient (Wildman–Crippen LogP) is 3.09. The van der Waals surface area contributed by atoms with Gasteiger partial charge in [-0.1, -0.05) is 0 Å². The summed E-state index contributed by atoms with van der Waals surface area (Å²) in [5.41, 5.74) is 4.61. The van der Waals surface area contributed by atoms with Crippen molar-refractivity contribution in [3.8, 4) is 22.7 Å². The minimum atomic E-state index is -3.88. The van der Waals surface area contributed by atoms with Gasteiger partial charge in [0.05, 0.1) is 24.9 Å². The van der Waals surface area contributed by atoms with Crippen molar-refractivity contribution in [2.75, 3.05) is 11.8 Å². The molecule has 0 saturated carbocycles. The van der Waals surface area contributed by atoms with Gasteiger partial charge in [-0.05, 0) is 79.1 Å². The van der Waals surface area contributed by atoms with Gasteiger partial charge >= 0.3 is 5.97 Å². The molecule has 158 valence electrons. The number of aryl methyl sites for hydroxylation is 2. The number of aliphatic carboxylic acids is 1. The molecule has 0 radical (unpaired) electrons. The first-order chi connectivity index (χ1) is 14.2. The summed E-state index contributed by atoms with van der Waals surface area (Å²) in [5, 5.41) is 14.2. The van der Waals surface area contributed by atoms with Crippen LogP contribution in [0.5, 0.6) is 5.75 Å². The third-order valence-corrected chi connectivity index (χ3v) is 5.16. The molecule has 0 atom stereocenters. The predicted molar refractivity (Wildman–Crippen MR) is 115 cm³/mol. The van der Waals surface area contributed by atoms with Crippen LogP contribution in [0.2, 0.25) is 0 Å². The summed E-state index contributed by atoms with van der Waals surface area (Å²) in [4.78, 5) is 11.1. The number of nitrogens with two attached hydrogens (primary N) is 1. The molecule has 2 aromatic carbocycles. The molecule has 0 fully saturated rings. The van der Waals surface area contributed by atoms with Crippen LogP contribution in [0, 0.1) is 6.92 Å². The van der Waals surface area contributed by atoms with E-state index in [4.69, 9.17) is 15.0 Å². The molecule has 4 N–H and O–H groups in total. The molecule has 0 unspecified atom stereocenters. The SMILES string of the molecule is COc1ccc(-c2ccc(CCC(=O)O)n2-c2ccc(NS(N)(=O)=O)cc2C)cc1. The molecule has 8 nitrogen and oxygen atoms in total. The number of hydrogen-bond acceptors (Lipinski definition) is 4. The van der Waals surface area contributed by atoms with Crippen LogP contribution in [0.25, 0.3) is 16.9 Å². The van der Waals surface area contributed by atoms with Crippen LogP contribution in [-0.4, -0.2) is 31.2 Å². The van der Waals surface area contributed by atoms with E-state index in [2.05, 4.69) is 4.72 Å². The van der Waals surface area contributed by atoms with Gasteiger partial charge < -0.3 is 14.4 Å². The Bertz CT molecular complexity index is 1170. The zero-order chi connectivity index (χ0) is 21.9. The number of methoxy groups -OCH3 is 1. The molecule has 0 aliphatic carbocycles. The molecule has 3 rings (SSSR count). The zero-order valence-electron chi connectivity index (χ0n) is 16.6. The lowest BCUT2D eigenvalue weighted by molar-refractivity contribution is -0.136. The van der Waals surface area contributed by atoms with Gasteiger partial charge in [0, 0.05) is 11.4 Å². The molecule has 9 heteroatoms. The van der Waals surface area contributed by atoms with E-state index in [0.717, 1.165) is 34.0 Å². The topological polar surface area (TPSA) is 124 Å². The van der Waals surface area contributed by atoms with Gasteiger partial charge in [0.2, 0.25) is 0 Å². The van der Waals surface area contributed by atoms with Crippen LogP contribution >= 0.6 is 0 Å². The molecule has 1 aromatic heterocycles. The zero-order valence-corrected chi connectivity index (χ0v) is 17.4. The molecule has 0 saturated heterocycles. The van der Waals surface area contributed by atoms with Crippen molar-refractivity contribution in [3.05, 3.63) is 65.9 Å². The highest BCUT2D eigenvalue weighted by Gasteiger charge is 2.16. The van der Waals surface area contributed by atoms with Crippen molar-refractivity contribution in [3.63, 3.8) is 0 Å².